The number of amides is 2. The van der Waals surface area contributed by atoms with Crippen molar-refractivity contribution in [2.75, 3.05) is 63.8 Å². The fourth-order valence-electron chi connectivity index (χ4n) is 11.8. The average molecular weight is 1900 g/mol. The van der Waals surface area contributed by atoms with Crippen molar-refractivity contribution >= 4 is 171 Å². The van der Waals surface area contributed by atoms with Gasteiger partial charge >= 0.3 is 62.1 Å². The van der Waals surface area contributed by atoms with E-state index in [1.165, 1.54) is 38.5 Å². The zero-order valence-electron chi connectivity index (χ0n) is 75.4. The topological polar surface area (TPSA) is 422 Å². The Bertz CT molecular complexity index is 5940. The Morgan fingerprint density at radius 2 is 0.806 bits per heavy atom. The molecular formula is C94H112Cl6KN21O7. The average Bonchev–Trinajstić information content (AvgIpc) is 1.80. The van der Waals surface area contributed by atoms with E-state index in [9.17, 15) is 15.0 Å². The van der Waals surface area contributed by atoms with Crippen LogP contribution in [-0.2, 0) is 24.9 Å². The van der Waals surface area contributed by atoms with E-state index in [0.29, 0.717) is 75.0 Å². The Morgan fingerprint density at radius 3 is 1.16 bits per heavy atom. The second-order valence-corrected chi connectivity index (χ2v) is 35.4. The second-order valence-electron chi connectivity index (χ2n) is 33.5. The number of aryl methyl sites for hydroxylation is 6. The monoisotopic (exact) mass is 1900 g/mol. The van der Waals surface area contributed by atoms with Crippen LogP contribution in [-0.4, -0.2) is 101 Å². The normalized spacial score (nSPS) is 12.3. The number of aromatic hydroxyl groups is 1. The van der Waals surface area contributed by atoms with Crippen LogP contribution in [0.4, 0.5) is 55.9 Å². The van der Waals surface area contributed by atoms with Crippen molar-refractivity contribution in [3.05, 3.63) is 232 Å². The number of ether oxygens (including phenoxy) is 3. The molecule has 17 rings (SSSR count). The van der Waals surface area contributed by atoms with Gasteiger partial charge in [0, 0.05) is 151 Å². The summed E-state index contributed by atoms with van der Waals surface area (Å²) in [5.74, 6) is 8.70. The van der Waals surface area contributed by atoms with Gasteiger partial charge in [-0.05, 0) is 192 Å². The van der Waals surface area contributed by atoms with E-state index in [-0.39, 0.29) is 97.0 Å². The molecule has 0 radical (unpaired) electrons. The molecule has 3 aliphatic carbocycles. The first kappa shape index (κ1) is 106. The zero-order valence-corrected chi connectivity index (χ0v) is 83.1. The summed E-state index contributed by atoms with van der Waals surface area (Å²) < 4.78 is 20.6. The van der Waals surface area contributed by atoms with Gasteiger partial charge in [-0.15, -0.1) is 18.0 Å². The van der Waals surface area contributed by atoms with Gasteiger partial charge in [0.25, 0.3) is 0 Å². The van der Waals surface area contributed by atoms with Gasteiger partial charge in [0.15, 0.2) is 0 Å². The van der Waals surface area contributed by atoms with Gasteiger partial charge in [-0.1, -0.05) is 171 Å². The molecule has 678 valence electrons. The van der Waals surface area contributed by atoms with Crippen molar-refractivity contribution in [1.82, 2.24) is 59.4 Å². The van der Waals surface area contributed by atoms with Crippen LogP contribution in [0.2, 0.25) is 15.7 Å². The quantitative estimate of drug-likeness (QED) is 0.0114. The number of fused-ring (bicyclic) bond motifs is 4. The van der Waals surface area contributed by atoms with Crippen molar-refractivity contribution in [2.24, 2.45) is 37.6 Å². The number of rotatable bonds is 15. The third-order valence-corrected chi connectivity index (χ3v) is 19.4. The number of anilines is 8. The van der Waals surface area contributed by atoms with Crippen molar-refractivity contribution < 1.29 is 85.4 Å². The molecule has 35 heteroatoms. The van der Waals surface area contributed by atoms with Crippen LogP contribution < -0.4 is 121 Å². The van der Waals surface area contributed by atoms with Crippen LogP contribution in [0.15, 0.2) is 182 Å². The van der Waals surface area contributed by atoms with Gasteiger partial charge in [0.1, 0.15) is 39.8 Å². The molecule has 0 saturated heterocycles. The van der Waals surface area contributed by atoms with Crippen LogP contribution in [0.3, 0.4) is 0 Å². The summed E-state index contributed by atoms with van der Waals surface area (Å²) in [6.07, 6.45) is 7.87. The number of urea groups is 1. The third-order valence-electron chi connectivity index (χ3n) is 18.9. The number of hydrogen-bond donors (Lipinski definition) is 10. The molecule has 0 bridgehead atoms. The van der Waals surface area contributed by atoms with Crippen LogP contribution in [0, 0.1) is 45.4 Å². The molecule has 3 aliphatic rings. The number of nitrogen functional groups attached to an aromatic ring is 4. The van der Waals surface area contributed by atoms with Crippen molar-refractivity contribution in [3.8, 4) is 40.6 Å². The molecule has 0 atom stereocenters. The number of phenols is 1. The van der Waals surface area contributed by atoms with E-state index in [4.69, 9.17) is 82.5 Å². The van der Waals surface area contributed by atoms with Gasteiger partial charge in [-0.25, -0.2) is 29.7 Å². The number of aromatic nitrogens is 12. The Kier molecular flexibility index (Phi) is 40.3. The van der Waals surface area contributed by atoms with Crippen molar-refractivity contribution in [2.45, 2.75) is 145 Å². The molecule has 3 saturated carbocycles. The maximum absolute atomic E-state index is 12.9. The molecule has 6 heterocycles. The smallest absolute Gasteiger partial charge is 0.850 e. The minimum Gasteiger partial charge on any atom is -0.850 e. The van der Waals surface area contributed by atoms with Crippen molar-refractivity contribution in [1.29, 1.82) is 0 Å². The van der Waals surface area contributed by atoms with E-state index in [1.807, 2.05) is 193 Å². The summed E-state index contributed by atoms with van der Waals surface area (Å²) in [7, 11) is 3.67. The maximum atomic E-state index is 12.9. The second kappa shape index (κ2) is 49.1. The number of nitrogens with zero attached hydrogens (tertiary/aromatic N) is 12. The molecule has 15 N–H and O–H groups in total. The first-order valence-electron chi connectivity index (χ1n) is 41.1. The number of phenolic OH excluding ortho intramolecular Hbond substituents is 1. The molecule has 129 heavy (non-hydrogen) atoms. The Balaban J connectivity index is 0.000000216. The summed E-state index contributed by atoms with van der Waals surface area (Å²) >= 11 is 25.6. The molecule has 3 fully saturated rings. The number of carbonyl (C=O) groups is 2. The van der Waals surface area contributed by atoms with E-state index >= 15 is 0 Å². The van der Waals surface area contributed by atoms with Crippen LogP contribution >= 0.6 is 70.4 Å². The Labute approximate surface area is 826 Å². The number of carbonyl (C=O) groups excluding carboxylic acids is 2. The molecule has 0 unspecified atom stereocenters. The number of hydrogen-bond acceptors (Lipinski definition) is 24. The van der Waals surface area contributed by atoms with Gasteiger partial charge in [0.05, 0.1) is 17.1 Å². The summed E-state index contributed by atoms with van der Waals surface area (Å²) in [5.41, 5.74) is 35.8. The van der Waals surface area contributed by atoms with Crippen LogP contribution in [0.1, 0.15) is 135 Å². The molecule has 2 amide bonds. The van der Waals surface area contributed by atoms with Gasteiger partial charge in [0.2, 0.25) is 40.1 Å². The van der Waals surface area contributed by atoms with E-state index < -0.39 is 10.3 Å². The molecule has 28 nitrogen and oxygen atoms in total. The van der Waals surface area contributed by atoms with Crippen LogP contribution in [0.5, 0.6) is 40.6 Å². The molecule has 0 aliphatic heterocycles. The number of benzene rings is 8. The molecular weight excluding hydrogens is 1790 g/mol. The molecule has 6 aromatic heterocycles. The molecule has 0 spiro atoms. The minimum atomic E-state index is -0.889. The first-order valence-corrected chi connectivity index (χ1v) is 43.0. The van der Waals surface area contributed by atoms with E-state index in [0.717, 1.165) is 126 Å². The van der Waals surface area contributed by atoms with Crippen molar-refractivity contribution in [3.63, 3.8) is 0 Å². The number of nitrogens with two attached hydrogens (primary N) is 5. The number of halogens is 6. The predicted molar refractivity (Wildman–Crippen MR) is 522 cm³/mol. The first-order chi connectivity index (χ1) is 60.0. The number of nitrogens with one attached hydrogen (secondary N) is 4. The maximum Gasteiger partial charge on any atom is 1.00 e. The third kappa shape index (κ3) is 35.5. The predicted octanol–water partition coefficient (Wildman–Crippen LogP) is 19.4. The van der Waals surface area contributed by atoms with E-state index in [1.54, 1.807) is 61.3 Å². The van der Waals surface area contributed by atoms with Gasteiger partial charge in [-0.3, -0.25) is 19.5 Å². The summed E-state index contributed by atoms with van der Waals surface area (Å²) in [6.45, 7) is 27.7. The summed E-state index contributed by atoms with van der Waals surface area (Å²) in [5, 5.41) is 48.8. The molecule has 8 aromatic carbocycles. The Morgan fingerprint density at radius 1 is 0.457 bits per heavy atom. The van der Waals surface area contributed by atoms with Gasteiger partial charge in [-0.2, -0.15) is 25.1 Å². The van der Waals surface area contributed by atoms with E-state index in [2.05, 4.69) is 136 Å². The van der Waals surface area contributed by atoms with Gasteiger partial charge < -0.3 is 69.0 Å². The Hall–Kier alpha value is -10.2. The minimum absolute atomic E-state index is 0. The largest absolute Gasteiger partial charge is 1.00 e. The SMILES string of the molecule is CC(C)(C)[O-].Cc1cc(Cl)nc(Cl)n1.Cc1cc(Oc2ccc(N)c3ccccc23)nc(Cl)n1.Cc1cc(Oc2ccc(N)c3ccccc23)nc(NCC2CC2)n1.Cc1cc(Oc2ccc(NC(=O)Nc3cc(C(C)(C)C)nn3C)c3ccccc23)nc(NCC2CC2)n1.Cl.Cn1nc(C(C)(C)C)cc1N.NCC1CC1.Nc1ccc(O)c2ccccc12.O=C(Cl)Cl.[K+]. The van der Waals surface area contributed by atoms with Crippen LogP contribution in [0.25, 0.3) is 43.1 Å². The zero-order chi connectivity index (χ0) is 92.6. The fourth-order valence-corrected chi connectivity index (χ4v) is 12.5. The molecule has 14 aromatic rings. The summed E-state index contributed by atoms with van der Waals surface area (Å²) in [4.78, 5) is 55.3. The standard InChI is InChI=1S/C28H33N7O2.C19H20N4O.C15H12ClN3O.C10H9NO.C8H15N3.C5H4Cl2N2.C4H9N.C4H9O.CCl2O.ClH.K/c1-17-14-25(33-26(30-17)29-16-18-10-11-18)37-22-13-12-21(19-8-6-7-9-20(19)22)31-27(36)32-24-15-23(28(2,3)4)34-35(24)5;1-12-10-18(23-19(22-12)21-11-13-6-7-13)24-17-9-8-16(20)14-4-2-3-5-15(14)17;1-9-8-14(19-15(16)18-9)20-13-7-6-12(17)10-4-2-3-5-11(10)13;11-9-5-6-10(12)8-4-2-1-3-7(8)9;1-8(2,3)6-5-7(9)11(4)10-6;1-3-2-4(6)9-5(7)8-3;5-3-4-1-2-4;1-4(2,3)5;2-1(3)4;;/h6-9,12-15,18H,10-11,16H2,1-5H3,(H,29,30,33)(H2,31,32,36);2-5,8-10,13H,6-7,11,20H2,1H3,(H,21,22,23);2-8H,17H2,1H3;1-6,12H,11H2;5H,9H2,1-4H3;2H,1H3;4H,1-3,5H2;1-3H3;;1H;/q;;;;;;;-1;;;+1. The summed E-state index contributed by atoms with van der Waals surface area (Å²) in [6, 6.07) is 55.9. The fraction of sp³-hybridized carbons (Fsp3) is 0.319.